The van der Waals surface area contributed by atoms with E-state index >= 15 is 0 Å². The summed E-state index contributed by atoms with van der Waals surface area (Å²) in [5, 5.41) is 14.0. The van der Waals surface area contributed by atoms with Gasteiger partial charge in [0.1, 0.15) is 0 Å². The summed E-state index contributed by atoms with van der Waals surface area (Å²) in [5.41, 5.74) is -1.15. The van der Waals surface area contributed by atoms with E-state index in [1.54, 1.807) is 0 Å². The van der Waals surface area contributed by atoms with Crippen LogP contribution in [-0.4, -0.2) is 54.6 Å². The van der Waals surface area contributed by atoms with E-state index in [1.807, 2.05) is 13.8 Å². The molecule has 108 valence electrons. The molecule has 19 heavy (non-hydrogen) atoms. The number of Topliss-reactive ketones (excluding diaryl/α,β-unsaturated/α-hetero) is 1. The first kappa shape index (κ1) is 15.6. The highest BCUT2D eigenvalue weighted by Gasteiger charge is 2.54. The second-order valence-corrected chi connectivity index (χ2v) is 5.05. The predicted molar refractivity (Wildman–Crippen MR) is 66.2 cm³/mol. The number of hydrogen-bond donors (Lipinski definition) is 3. The van der Waals surface area contributed by atoms with Gasteiger partial charge in [0.2, 0.25) is 12.3 Å². The zero-order chi connectivity index (χ0) is 14.5. The van der Waals surface area contributed by atoms with Gasteiger partial charge in [0.05, 0.1) is 25.8 Å². The molecule has 0 aromatic heterocycles. The molecule has 2 unspecified atom stereocenters. The smallest absolute Gasteiger partial charge is 0.239 e. The molecule has 2 atom stereocenters. The lowest BCUT2D eigenvalue weighted by Crippen LogP contribution is -2.50. The third kappa shape index (κ3) is 4.29. The molecule has 0 spiro atoms. The summed E-state index contributed by atoms with van der Waals surface area (Å²) in [4.78, 5) is 33.9. The Bertz CT molecular complexity index is 352. The predicted octanol–water partition coefficient (Wildman–Crippen LogP) is -1.41. The molecule has 0 aliphatic carbocycles. The number of epoxide rings is 1. The van der Waals surface area contributed by atoms with E-state index in [0.717, 1.165) is 0 Å². The van der Waals surface area contributed by atoms with Crippen LogP contribution in [0.5, 0.6) is 0 Å². The van der Waals surface area contributed by atoms with E-state index in [0.29, 0.717) is 12.8 Å². The van der Waals surface area contributed by atoms with Crippen LogP contribution in [0.4, 0.5) is 0 Å². The molecule has 0 saturated carbocycles. The van der Waals surface area contributed by atoms with Crippen molar-refractivity contribution < 1.29 is 24.2 Å². The molecule has 1 saturated heterocycles. The molecule has 1 aliphatic rings. The largest absolute Gasteiger partial charge is 0.393 e. The first-order chi connectivity index (χ1) is 8.95. The van der Waals surface area contributed by atoms with Crippen molar-refractivity contribution in [2.75, 3.05) is 19.8 Å². The van der Waals surface area contributed by atoms with E-state index in [1.165, 1.54) is 0 Å². The summed E-state index contributed by atoms with van der Waals surface area (Å²) >= 11 is 0. The first-order valence-corrected chi connectivity index (χ1v) is 6.20. The van der Waals surface area contributed by atoms with Gasteiger partial charge in [-0.3, -0.25) is 14.4 Å². The van der Waals surface area contributed by atoms with E-state index in [-0.39, 0.29) is 31.5 Å². The first-order valence-electron chi connectivity index (χ1n) is 6.20. The SMILES string of the molecule is CC(C)CC(NC(=O)CNC=O)C(=O)C1(CO)CO1. The van der Waals surface area contributed by atoms with Crippen molar-refractivity contribution in [3.8, 4) is 0 Å². The molecule has 1 aliphatic heterocycles. The van der Waals surface area contributed by atoms with Gasteiger partial charge >= 0.3 is 0 Å². The molecule has 1 heterocycles. The van der Waals surface area contributed by atoms with Crippen molar-refractivity contribution in [3.05, 3.63) is 0 Å². The van der Waals surface area contributed by atoms with Crippen LogP contribution in [0, 0.1) is 5.92 Å². The fourth-order valence-corrected chi connectivity index (χ4v) is 1.80. The number of carbonyl (C=O) groups is 3. The van der Waals surface area contributed by atoms with Gasteiger partial charge in [-0.1, -0.05) is 13.8 Å². The minimum absolute atomic E-state index is 0.180. The van der Waals surface area contributed by atoms with E-state index in [9.17, 15) is 14.4 Å². The number of amides is 2. The number of rotatable bonds is 9. The molecule has 1 rings (SSSR count). The van der Waals surface area contributed by atoms with Gasteiger partial charge in [-0.15, -0.1) is 0 Å². The Balaban J connectivity index is 2.63. The van der Waals surface area contributed by atoms with Gasteiger partial charge in [0.15, 0.2) is 11.4 Å². The lowest BCUT2D eigenvalue weighted by atomic mass is 9.93. The lowest BCUT2D eigenvalue weighted by molar-refractivity contribution is -0.132. The third-order valence-corrected chi connectivity index (χ3v) is 2.90. The average molecular weight is 272 g/mol. The van der Waals surface area contributed by atoms with Crippen LogP contribution in [0.3, 0.4) is 0 Å². The number of ether oxygens (including phenoxy) is 1. The molecule has 0 aromatic carbocycles. The van der Waals surface area contributed by atoms with E-state index < -0.39 is 17.6 Å². The highest BCUT2D eigenvalue weighted by Crippen LogP contribution is 2.29. The summed E-state index contributed by atoms with van der Waals surface area (Å²) in [6.07, 6.45) is 0.870. The van der Waals surface area contributed by atoms with E-state index in [4.69, 9.17) is 9.84 Å². The molecule has 0 radical (unpaired) electrons. The number of nitrogens with one attached hydrogen (secondary N) is 2. The highest BCUT2D eigenvalue weighted by molar-refractivity contribution is 5.97. The molecular formula is C12H20N2O5. The molecule has 7 nitrogen and oxygen atoms in total. The monoisotopic (exact) mass is 272 g/mol. The van der Waals surface area contributed by atoms with Gasteiger partial charge in [-0.05, 0) is 12.3 Å². The quantitative estimate of drug-likeness (QED) is 0.353. The second-order valence-electron chi connectivity index (χ2n) is 5.05. The third-order valence-electron chi connectivity index (χ3n) is 2.90. The van der Waals surface area contributed by atoms with Crippen molar-refractivity contribution in [1.29, 1.82) is 0 Å². The van der Waals surface area contributed by atoms with Crippen molar-refractivity contribution in [2.45, 2.75) is 31.9 Å². The second kappa shape index (κ2) is 6.63. The fourth-order valence-electron chi connectivity index (χ4n) is 1.80. The van der Waals surface area contributed by atoms with Crippen molar-refractivity contribution >= 4 is 18.1 Å². The van der Waals surface area contributed by atoms with Crippen LogP contribution in [0.15, 0.2) is 0 Å². The van der Waals surface area contributed by atoms with Crippen LogP contribution < -0.4 is 10.6 Å². The summed E-state index contributed by atoms with van der Waals surface area (Å²) in [6, 6.07) is -0.712. The summed E-state index contributed by atoms with van der Waals surface area (Å²) in [5.74, 6) is -0.564. The van der Waals surface area contributed by atoms with Crippen LogP contribution in [0.1, 0.15) is 20.3 Å². The minimum atomic E-state index is -1.15. The summed E-state index contributed by atoms with van der Waals surface area (Å²) in [6.45, 7) is 3.46. The highest BCUT2D eigenvalue weighted by atomic mass is 16.6. The Morgan fingerprint density at radius 1 is 1.47 bits per heavy atom. The Kier molecular flexibility index (Phi) is 5.44. The Hall–Kier alpha value is -1.47. The molecule has 0 bridgehead atoms. The normalized spacial score (nSPS) is 22.7. The standard InChI is InChI=1S/C12H20N2O5/c1-8(2)3-9(14-10(17)4-13-7-16)11(18)12(5-15)6-19-12/h7-9,15H,3-6H2,1-2H3,(H,13,16)(H,14,17). The number of carbonyl (C=O) groups excluding carboxylic acids is 3. The molecule has 2 amide bonds. The van der Waals surface area contributed by atoms with Crippen molar-refractivity contribution in [3.63, 3.8) is 0 Å². The van der Waals surface area contributed by atoms with Crippen LogP contribution in [-0.2, 0) is 19.1 Å². The zero-order valence-electron chi connectivity index (χ0n) is 11.1. The summed E-state index contributed by atoms with van der Waals surface area (Å²) in [7, 11) is 0. The molecule has 7 heteroatoms. The van der Waals surface area contributed by atoms with Crippen LogP contribution in [0.25, 0.3) is 0 Å². The maximum atomic E-state index is 12.2. The van der Waals surface area contributed by atoms with Gasteiger partial charge in [-0.25, -0.2) is 0 Å². The van der Waals surface area contributed by atoms with E-state index in [2.05, 4.69) is 10.6 Å². The minimum Gasteiger partial charge on any atom is -0.393 e. The summed E-state index contributed by atoms with van der Waals surface area (Å²) < 4.78 is 5.01. The number of ketones is 1. The topological polar surface area (TPSA) is 108 Å². The van der Waals surface area contributed by atoms with Gasteiger partial charge in [-0.2, -0.15) is 0 Å². The zero-order valence-corrected chi connectivity index (χ0v) is 11.1. The van der Waals surface area contributed by atoms with Crippen LogP contribution in [0.2, 0.25) is 0 Å². The fraction of sp³-hybridized carbons (Fsp3) is 0.750. The molecular weight excluding hydrogens is 252 g/mol. The van der Waals surface area contributed by atoms with Gasteiger partial charge in [0.25, 0.3) is 0 Å². The Labute approximate surface area is 111 Å². The Morgan fingerprint density at radius 3 is 2.53 bits per heavy atom. The number of hydrogen-bond acceptors (Lipinski definition) is 5. The number of aliphatic hydroxyl groups excluding tert-OH is 1. The maximum absolute atomic E-state index is 12.2. The van der Waals surface area contributed by atoms with Crippen molar-refractivity contribution in [2.24, 2.45) is 5.92 Å². The average Bonchev–Trinajstić information content (AvgIpc) is 3.15. The van der Waals surface area contributed by atoms with Gasteiger partial charge < -0.3 is 20.5 Å². The molecule has 3 N–H and O–H groups in total. The van der Waals surface area contributed by atoms with Crippen LogP contribution >= 0.6 is 0 Å². The molecule has 1 fully saturated rings. The maximum Gasteiger partial charge on any atom is 0.239 e. The molecule has 0 aromatic rings. The van der Waals surface area contributed by atoms with Crippen molar-refractivity contribution in [1.82, 2.24) is 10.6 Å². The Morgan fingerprint density at radius 2 is 2.11 bits per heavy atom. The number of aliphatic hydroxyl groups is 1. The lowest BCUT2D eigenvalue weighted by Gasteiger charge is -2.21. The van der Waals surface area contributed by atoms with Gasteiger partial charge in [0, 0.05) is 0 Å².